The van der Waals surface area contributed by atoms with Crippen molar-refractivity contribution in [3.8, 4) is 6.07 Å². The van der Waals surface area contributed by atoms with E-state index in [1.165, 1.54) is 10.9 Å². The lowest BCUT2D eigenvalue weighted by Crippen LogP contribution is -2.26. The van der Waals surface area contributed by atoms with Gasteiger partial charge in [0.2, 0.25) is 0 Å². The fourth-order valence-electron chi connectivity index (χ4n) is 5.13. The van der Waals surface area contributed by atoms with Crippen LogP contribution in [0.15, 0.2) is 61.1 Å². The van der Waals surface area contributed by atoms with E-state index in [0.29, 0.717) is 57.9 Å². The summed E-state index contributed by atoms with van der Waals surface area (Å²) in [5, 5.41) is 27.3. The summed E-state index contributed by atoms with van der Waals surface area (Å²) in [6.07, 6.45) is 3.00. The van der Waals surface area contributed by atoms with Crippen LogP contribution in [-0.2, 0) is 5.54 Å². The van der Waals surface area contributed by atoms with E-state index in [-0.39, 0.29) is 5.41 Å². The number of halogens is 3. The topological polar surface area (TPSA) is 104 Å². The first-order chi connectivity index (χ1) is 20.1. The molecule has 42 heavy (non-hydrogen) atoms. The fraction of sp³-hybridized carbons (Fsp3) is 0.323. The smallest absolute Gasteiger partial charge is 0.263 e. The zero-order valence-electron chi connectivity index (χ0n) is 23.4. The minimum atomic E-state index is -2.54. The first-order valence-corrected chi connectivity index (χ1v) is 14.0. The summed E-state index contributed by atoms with van der Waals surface area (Å²) in [5.74, 6) is 0. The van der Waals surface area contributed by atoms with Crippen LogP contribution < -0.4 is 10.6 Å². The third-order valence-electron chi connectivity index (χ3n) is 7.57. The number of fused-ring (bicyclic) bond motifs is 2. The molecule has 1 fully saturated rings. The molecular weight excluding hydrogens is 558 g/mol. The standard InChI is InChI=1S/C31H29ClF2N8/c1-30(2,3)17-38-26-18(14-35)15-37-27-22(26)12-19(13-23(27)32)39-28(21-6-4-8-24-20(21)7-5-11-36-24)25-16-42(41-40-25)31(9-10-31)29(33)34/h4-8,11-13,15-16,28-29,39H,9-10,17H2,1-3H3,(H,37,38). The minimum absolute atomic E-state index is 0.0432. The Balaban J connectivity index is 1.48. The molecule has 3 aromatic heterocycles. The highest BCUT2D eigenvalue weighted by atomic mass is 35.5. The Kier molecular flexibility index (Phi) is 6.93. The Morgan fingerprint density at radius 1 is 1.12 bits per heavy atom. The molecule has 2 N–H and O–H groups in total. The molecule has 0 radical (unpaired) electrons. The Hall–Kier alpha value is -4.36. The van der Waals surface area contributed by atoms with Crippen molar-refractivity contribution >= 4 is 44.8 Å². The highest BCUT2D eigenvalue weighted by Gasteiger charge is 2.54. The predicted octanol–water partition coefficient (Wildman–Crippen LogP) is 7.31. The maximum absolute atomic E-state index is 13.9. The normalized spacial score (nSPS) is 15.1. The van der Waals surface area contributed by atoms with Gasteiger partial charge in [-0.15, -0.1) is 5.10 Å². The first kappa shape index (κ1) is 27.8. The number of hydrogen-bond acceptors (Lipinski definition) is 7. The molecule has 3 heterocycles. The quantitative estimate of drug-likeness (QED) is 0.196. The van der Waals surface area contributed by atoms with Crippen LogP contribution in [0.25, 0.3) is 21.8 Å². The van der Waals surface area contributed by atoms with Crippen molar-refractivity contribution < 1.29 is 8.78 Å². The molecule has 2 aromatic carbocycles. The lowest BCUT2D eigenvalue weighted by Gasteiger charge is -2.23. The molecule has 6 rings (SSSR count). The molecule has 1 unspecified atom stereocenters. The van der Waals surface area contributed by atoms with Crippen molar-refractivity contribution in [3.05, 3.63) is 82.9 Å². The second-order valence-electron chi connectivity index (χ2n) is 11.9. The van der Waals surface area contributed by atoms with Gasteiger partial charge >= 0.3 is 0 Å². The SMILES string of the molecule is CC(C)(C)CNc1c(C#N)cnc2c(Cl)cc(NC(c3cn(C4(C(F)F)CC4)nn3)c3cccc4ncccc34)cc12. The summed E-state index contributed by atoms with van der Waals surface area (Å²) in [7, 11) is 0. The van der Waals surface area contributed by atoms with Gasteiger partial charge in [0, 0.05) is 35.4 Å². The average Bonchev–Trinajstić information content (AvgIpc) is 3.64. The van der Waals surface area contributed by atoms with Gasteiger partial charge in [-0.2, -0.15) is 5.26 Å². The largest absolute Gasteiger partial charge is 0.383 e. The highest BCUT2D eigenvalue weighted by molar-refractivity contribution is 6.35. The van der Waals surface area contributed by atoms with E-state index in [4.69, 9.17) is 11.6 Å². The van der Waals surface area contributed by atoms with Crippen molar-refractivity contribution in [2.75, 3.05) is 17.2 Å². The Morgan fingerprint density at radius 2 is 1.93 bits per heavy atom. The van der Waals surface area contributed by atoms with Crippen LogP contribution in [-0.4, -0.2) is 37.9 Å². The molecule has 0 aliphatic heterocycles. The molecular formula is C31H29ClF2N8. The monoisotopic (exact) mass is 586 g/mol. The molecule has 8 nitrogen and oxygen atoms in total. The van der Waals surface area contributed by atoms with Gasteiger partial charge in [0.05, 0.1) is 39.5 Å². The van der Waals surface area contributed by atoms with Gasteiger partial charge < -0.3 is 10.6 Å². The number of nitrogens with one attached hydrogen (secondary N) is 2. The number of aromatic nitrogens is 5. The van der Waals surface area contributed by atoms with E-state index in [9.17, 15) is 14.0 Å². The lowest BCUT2D eigenvalue weighted by atomic mass is 9.96. The van der Waals surface area contributed by atoms with Gasteiger partial charge in [0.1, 0.15) is 17.3 Å². The number of nitrogens with zero attached hydrogens (tertiary/aromatic N) is 6. The van der Waals surface area contributed by atoms with Crippen LogP contribution in [0.2, 0.25) is 5.02 Å². The summed E-state index contributed by atoms with van der Waals surface area (Å²) in [6, 6.07) is 14.9. The summed E-state index contributed by atoms with van der Waals surface area (Å²) >= 11 is 6.76. The zero-order chi connectivity index (χ0) is 29.6. The molecule has 214 valence electrons. The first-order valence-electron chi connectivity index (χ1n) is 13.7. The van der Waals surface area contributed by atoms with Gasteiger partial charge in [-0.25, -0.2) is 13.5 Å². The average molecular weight is 587 g/mol. The van der Waals surface area contributed by atoms with Gasteiger partial charge in [-0.1, -0.05) is 55.8 Å². The molecule has 0 spiro atoms. The Bertz CT molecular complexity index is 1830. The second kappa shape index (κ2) is 10.5. The Morgan fingerprint density at radius 3 is 2.64 bits per heavy atom. The molecule has 1 atom stereocenters. The second-order valence-corrected chi connectivity index (χ2v) is 12.3. The number of pyridine rings is 2. The summed E-state index contributed by atoms with van der Waals surface area (Å²) in [5.41, 5.74) is 3.00. The molecule has 1 aliphatic carbocycles. The van der Waals surface area contributed by atoms with Gasteiger partial charge in [0.25, 0.3) is 6.43 Å². The molecule has 1 aliphatic rings. The maximum Gasteiger partial charge on any atom is 0.263 e. The van der Waals surface area contributed by atoms with Crippen molar-refractivity contribution in [2.45, 2.75) is 51.6 Å². The molecule has 5 aromatic rings. The van der Waals surface area contributed by atoms with Crippen LogP contribution in [0.1, 0.15) is 56.5 Å². The Labute approximate surface area is 246 Å². The van der Waals surface area contributed by atoms with Crippen molar-refractivity contribution in [1.29, 1.82) is 5.26 Å². The van der Waals surface area contributed by atoms with E-state index < -0.39 is 18.0 Å². The van der Waals surface area contributed by atoms with Crippen molar-refractivity contribution in [3.63, 3.8) is 0 Å². The van der Waals surface area contributed by atoms with Crippen LogP contribution >= 0.6 is 11.6 Å². The number of benzene rings is 2. The molecule has 1 saturated carbocycles. The van der Waals surface area contributed by atoms with Crippen molar-refractivity contribution in [2.24, 2.45) is 5.41 Å². The predicted molar refractivity (Wildman–Crippen MR) is 160 cm³/mol. The van der Waals surface area contributed by atoms with E-state index in [0.717, 1.165) is 16.5 Å². The number of nitriles is 1. The molecule has 0 amide bonds. The van der Waals surface area contributed by atoms with E-state index >= 15 is 0 Å². The number of rotatable bonds is 8. The van der Waals surface area contributed by atoms with Crippen LogP contribution in [0.3, 0.4) is 0 Å². The third kappa shape index (κ3) is 5.09. The van der Waals surface area contributed by atoms with Gasteiger partial charge in [0.15, 0.2) is 0 Å². The van der Waals surface area contributed by atoms with Gasteiger partial charge in [-0.05, 0) is 48.1 Å². The van der Waals surface area contributed by atoms with Crippen LogP contribution in [0.5, 0.6) is 0 Å². The summed E-state index contributed by atoms with van der Waals surface area (Å²) in [4.78, 5) is 8.95. The van der Waals surface area contributed by atoms with Crippen LogP contribution in [0.4, 0.5) is 20.2 Å². The minimum Gasteiger partial charge on any atom is -0.383 e. The molecule has 0 bridgehead atoms. The summed E-state index contributed by atoms with van der Waals surface area (Å²) < 4.78 is 29.1. The lowest BCUT2D eigenvalue weighted by molar-refractivity contribution is 0.0593. The number of anilines is 2. The number of hydrogen-bond donors (Lipinski definition) is 2. The molecule has 11 heteroatoms. The number of alkyl halides is 2. The highest BCUT2D eigenvalue weighted by Crippen LogP contribution is 2.48. The van der Waals surface area contributed by atoms with Crippen molar-refractivity contribution in [1.82, 2.24) is 25.0 Å². The van der Waals surface area contributed by atoms with E-state index in [2.05, 4.69) is 57.8 Å². The molecule has 0 saturated heterocycles. The summed E-state index contributed by atoms with van der Waals surface area (Å²) in [6.45, 7) is 6.93. The third-order valence-corrected chi connectivity index (χ3v) is 7.86. The van der Waals surface area contributed by atoms with E-state index in [1.807, 2.05) is 36.4 Å². The fourth-order valence-corrected chi connectivity index (χ4v) is 5.40. The zero-order valence-corrected chi connectivity index (χ0v) is 24.1. The van der Waals surface area contributed by atoms with Gasteiger partial charge in [-0.3, -0.25) is 9.97 Å². The van der Waals surface area contributed by atoms with E-state index in [1.54, 1.807) is 18.5 Å². The van der Waals surface area contributed by atoms with Crippen LogP contribution in [0, 0.1) is 16.7 Å². The maximum atomic E-state index is 13.9.